The Kier molecular flexibility index (Phi) is 4.03. The van der Waals surface area contributed by atoms with Crippen molar-refractivity contribution in [2.24, 2.45) is 0 Å². The number of nitrogens with two attached hydrogens (primary N) is 1. The third kappa shape index (κ3) is 2.96. The largest absolute Gasteiger partial charge is 0.497 e. The molecule has 0 unspecified atom stereocenters. The Balaban J connectivity index is 2.15. The van der Waals surface area contributed by atoms with Crippen LogP contribution in [0.4, 0.5) is 10.5 Å². The number of carbonyl (C=O) groups is 1. The smallest absolute Gasteiger partial charge is 0.317 e. The zero-order valence-electron chi connectivity index (χ0n) is 11.1. The summed E-state index contributed by atoms with van der Waals surface area (Å²) in [5.41, 5.74) is 5.89. The highest BCUT2D eigenvalue weighted by Crippen LogP contribution is 2.25. The van der Waals surface area contributed by atoms with Crippen LogP contribution in [0.1, 0.15) is 0 Å². The van der Waals surface area contributed by atoms with Crippen molar-refractivity contribution >= 4 is 21.6 Å². The minimum atomic E-state index is -3.56. The Morgan fingerprint density at radius 1 is 1.45 bits per heavy atom. The number of nitrogens with one attached hydrogen (secondary N) is 1. The highest BCUT2D eigenvalue weighted by atomic mass is 32.2. The first-order valence-electron chi connectivity index (χ1n) is 6.13. The van der Waals surface area contributed by atoms with Gasteiger partial charge in [-0.25, -0.2) is 13.2 Å². The van der Waals surface area contributed by atoms with Gasteiger partial charge >= 0.3 is 6.03 Å². The lowest BCUT2D eigenvalue weighted by atomic mass is 10.3. The first-order chi connectivity index (χ1) is 9.44. The summed E-state index contributed by atoms with van der Waals surface area (Å²) in [5, 5.41) is 2.62. The quantitative estimate of drug-likeness (QED) is 0.750. The molecule has 0 atom stereocenters. The van der Waals surface area contributed by atoms with Crippen LogP contribution in [0, 0.1) is 0 Å². The first kappa shape index (κ1) is 14.4. The second-order valence-corrected chi connectivity index (χ2v) is 6.52. The lowest BCUT2D eigenvalue weighted by molar-refractivity contribution is 0.220. The van der Waals surface area contributed by atoms with Gasteiger partial charge in [0.15, 0.2) is 9.84 Å². The predicted octanol–water partition coefficient (Wildman–Crippen LogP) is 0.0763. The summed E-state index contributed by atoms with van der Waals surface area (Å²) in [6, 6.07) is 4.25. The molecule has 1 fully saturated rings. The number of urea groups is 1. The molecular formula is C12H17N3O4S. The second kappa shape index (κ2) is 5.58. The topological polar surface area (TPSA) is 102 Å². The predicted molar refractivity (Wildman–Crippen MR) is 74.4 cm³/mol. The van der Waals surface area contributed by atoms with Gasteiger partial charge in [-0.05, 0) is 12.1 Å². The number of hydrogen-bond donors (Lipinski definition) is 2. The number of amides is 2. The van der Waals surface area contributed by atoms with E-state index in [1.54, 1.807) is 6.07 Å². The lowest BCUT2D eigenvalue weighted by Gasteiger charge is -2.15. The van der Waals surface area contributed by atoms with Gasteiger partial charge in [0, 0.05) is 25.7 Å². The summed E-state index contributed by atoms with van der Waals surface area (Å²) in [5.74, 6) is 0.259. The van der Waals surface area contributed by atoms with Gasteiger partial charge in [-0.1, -0.05) is 0 Å². The maximum Gasteiger partial charge on any atom is 0.317 e. The number of hydrogen-bond acceptors (Lipinski definition) is 5. The molecule has 3 N–H and O–H groups in total. The molecule has 0 aliphatic carbocycles. The zero-order valence-corrected chi connectivity index (χ0v) is 11.9. The van der Waals surface area contributed by atoms with Crippen molar-refractivity contribution < 1.29 is 17.9 Å². The molecule has 1 aliphatic rings. The van der Waals surface area contributed by atoms with Crippen molar-refractivity contribution in [1.82, 2.24) is 10.2 Å². The number of anilines is 1. The highest BCUT2D eigenvalue weighted by molar-refractivity contribution is 7.91. The number of benzene rings is 1. The summed E-state index contributed by atoms with van der Waals surface area (Å²) >= 11 is 0. The Morgan fingerprint density at radius 2 is 2.20 bits per heavy atom. The molecule has 0 saturated carbocycles. The second-order valence-electron chi connectivity index (χ2n) is 4.44. The van der Waals surface area contributed by atoms with Gasteiger partial charge < -0.3 is 20.7 Å². The zero-order chi connectivity index (χ0) is 14.8. The van der Waals surface area contributed by atoms with E-state index < -0.39 is 9.84 Å². The molecular weight excluding hydrogens is 282 g/mol. The first-order valence-corrected chi connectivity index (χ1v) is 7.78. The van der Waals surface area contributed by atoms with E-state index in [4.69, 9.17) is 10.5 Å². The molecule has 1 aromatic rings. The van der Waals surface area contributed by atoms with Crippen LogP contribution in [0.15, 0.2) is 23.1 Å². The lowest BCUT2D eigenvalue weighted by Crippen LogP contribution is -2.32. The molecule has 2 rings (SSSR count). The standard InChI is InChI=1S/C12H17N3O4S/c1-19-9-2-3-10(13)11(8-9)20(17,18)7-6-15-5-4-14-12(15)16/h2-3,8H,4-7,13H2,1H3,(H,14,16). The minimum absolute atomic E-state index is 0.0384. The van der Waals surface area contributed by atoms with Crippen molar-refractivity contribution in [3.05, 3.63) is 18.2 Å². The summed E-state index contributed by atoms with van der Waals surface area (Å²) in [7, 11) is -2.11. The molecule has 110 valence electrons. The number of nitrogen functional groups attached to an aromatic ring is 1. The van der Waals surface area contributed by atoms with Crippen LogP contribution >= 0.6 is 0 Å². The molecule has 0 bridgehead atoms. The molecule has 1 heterocycles. The molecule has 1 saturated heterocycles. The number of methoxy groups -OCH3 is 1. The number of sulfone groups is 1. The molecule has 20 heavy (non-hydrogen) atoms. The Labute approximate surface area is 117 Å². The third-order valence-electron chi connectivity index (χ3n) is 3.13. The number of rotatable bonds is 5. The molecule has 0 radical (unpaired) electrons. The van der Waals surface area contributed by atoms with Crippen molar-refractivity contribution in [3.63, 3.8) is 0 Å². The van der Waals surface area contributed by atoms with Gasteiger partial charge in [-0.2, -0.15) is 0 Å². The summed E-state index contributed by atoms with van der Waals surface area (Å²) in [4.78, 5) is 12.9. The maximum absolute atomic E-state index is 12.3. The van der Waals surface area contributed by atoms with E-state index in [-0.39, 0.29) is 28.9 Å². The van der Waals surface area contributed by atoms with Crippen molar-refractivity contribution in [3.8, 4) is 5.75 Å². The van der Waals surface area contributed by atoms with Crippen molar-refractivity contribution in [2.45, 2.75) is 4.90 Å². The average Bonchev–Trinajstić information content (AvgIpc) is 2.82. The SMILES string of the molecule is COc1ccc(N)c(S(=O)(=O)CCN2CCNC2=O)c1. The maximum atomic E-state index is 12.3. The van der Waals surface area contributed by atoms with Gasteiger partial charge in [0.25, 0.3) is 0 Å². The fourth-order valence-corrected chi connectivity index (χ4v) is 3.38. The Bertz CT molecular complexity index is 615. The van der Waals surface area contributed by atoms with Crippen LogP contribution < -0.4 is 15.8 Å². The molecule has 1 aliphatic heterocycles. The molecule has 0 spiro atoms. The van der Waals surface area contributed by atoms with Crippen LogP contribution in [0.2, 0.25) is 0 Å². The summed E-state index contributed by atoms with van der Waals surface area (Å²) in [6.07, 6.45) is 0. The van der Waals surface area contributed by atoms with Gasteiger partial charge in [0.1, 0.15) is 5.75 Å². The molecule has 1 aromatic carbocycles. The Hall–Kier alpha value is -1.96. The van der Waals surface area contributed by atoms with E-state index in [9.17, 15) is 13.2 Å². The van der Waals surface area contributed by atoms with Crippen molar-refractivity contribution in [1.29, 1.82) is 0 Å². The van der Waals surface area contributed by atoms with Gasteiger partial charge in [-0.15, -0.1) is 0 Å². The van der Waals surface area contributed by atoms with E-state index in [2.05, 4.69) is 5.32 Å². The van der Waals surface area contributed by atoms with Gasteiger partial charge in [-0.3, -0.25) is 0 Å². The van der Waals surface area contributed by atoms with Crippen molar-refractivity contribution in [2.75, 3.05) is 38.2 Å². The van der Waals surface area contributed by atoms with E-state index >= 15 is 0 Å². The van der Waals surface area contributed by atoms with E-state index in [0.717, 1.165) is 0 Å². The van der Waals surface area contributed by atoms with Gasteiger partial charge in [0.2, 0.25) is 0 Å². The van der Waals surface area contributed by atoms with E-state index in [1.807, 2.05) is 0 Å². The van der Waals surface area contributed by atoms with Gasteiger partial charge in [0.05, 0.1) is 23.4 Å². The highest BCUT2D eigenvalue weighted by Gasteiger charge is 2.24. The van der Waals surface area contributed by atoms with Crippen LogP contribution in [0.25, 0.3) is 0 Å². The van der Waals surface area contributed by atoms with Crippen LogP contribution in [0.3, 0.4) is 0 Å². The summed E-state index contributed by atoms with van der Waals surface area (Å²) in [6.45, 7) is 1.20. The fourth-order valence-electron chi connectivity index (χ4n) is 1.98. The normalized spacial score (nSPS) is 15.2. The average molecular weight is 299 g/mol. The minimum Gasteiger partial charge on any atom is -0.497 e. The fraction of sp³-hybridized carbons (Fsp3) is 0.417. The third-order valence-corrected chi connectivity index (χ3v) is 4.87. The number of ether oxygens (including phenoxy) is 1. The number of nitrogens with zero attached hydrogens (tertiary/aromatic N) is 1. The van der Waals surface area contributed by atoms with E-state index in [0.29, 0.717) is 18.8 Å². The molecule has 0 aromatic heterocycles. The Morgan fingerprint density at radius 3 is 2.80 bits per heavy atom. The molecule has 2 amide bonds. The molecule has 7 nitrogen and oxygen atoms in total. The van der Waals surface area contributed by atoms with Crippen LogP contribution in [0.5, 0.6) is 5.75 Å². The van der Waals surface area contributed by atoms with Crippen LogP contribution in [-0.4, -0.2) is 51.8 Å². The van der Waals surface area contributed by atoms with E-state index in [1.165, 1.54) is 24.1 Å². The monoisotopic (exact) mass is 299 g/mol. The summed E-state index contributed by atoms with van der Waals surface area (Å²) < 4.78 is 29.6. The molecule has 8 heteroatoms. The van der Waals surface area contributed by atoms with Crippen LogP contribution in [-0.2, 0) is 9.84 Å². The number of carbonyl (C=O) groups excluding carboxylic acids is 1.